The Morgan fingerprint density at radius 3 is 2.75 bits per heavy atom. The van der Waals surface area contributed by atoms with Crippen LogP contribution < -0.4 is 10.6 Å². The highest BCUT2D eigenvalue weighted by Crippen LogP contribution is 2.23. The first-order valence-corrected chi connectivity index (χ1v) is 7.27. The lowest BCUT2D eigenvalue weighted by atomic mass is 10.1. The molecule has 104 valence electrons. The average Bonchev–Trinajstić information content (AvgIpc) is 3.29. The number of aryl methyl sites for hydroxylation is 1. The van der Waals surface area contributed by atoms with Gasteiger partial charge in [-0.25, -0.2) is 4.98 Å². The number of nitrogens with one attached hydrogen (secondary N) is 2. The fraction of sp³-hybridized carbons (Fsp3) is 0.375. The third-order valence-electron chi connectivity index (χ3n) is 3.36. The van der Waals surface area contributed by atoms with E-state index in [0.29, 0.717) is 6.04 Å². The van der Waals surface area contributed by atoms with Gasteiger partial charge in [0.25, 0.3) is 0 Å². The molecule has 1 aliphatic rings. The van der Waals surface area contributed by atoms with Crippen LogP contribution in [0.2, 0.25) is 0 Å². The zero-order valence-electron chi connectivity index (χ0n) is 11.5. The summed E-state index contributed by atoms with van der Waals surface area (Å²) in [5, 5.41) is 6.67. The van der Waals surface area contributed by atoms with Crippen LogP contribution in [0.4, 0.5) is 11.8 Å². The molecule has 3 rings (SSSR count). The number of aromatic nitrogens is 2. The maximum atomic E-state index is 4.46. The maximum absolute atomic E-state index is 4.46. The lowest BCUT2D eigenvalue weighted by Gasteiger charge is -2.07. The number of hydrogen-bond donors (Lipinski definition) is 2. The summed E-state index contributed by atoms with van der Waals surface area (Å²) in [4.78, 5) is 8.70. The van der Waals surface area contributed by atoms with Gasteiger partial charge in [0.15, 0.2) is 0 Å². The van der Waals surface area contributed by atoms with Crippen molar-refractivity contribution in [2.75, 3.05) is 17.2 Å². The van der Waals surface area contributed by atoms with E-state index in [1.54, 1.807) is 6.20 Å². The Hall–Kier alpha value is -2.10. The quantitative estimate of drug-likeness (QED) is 0.758. The molecule has 0 saturated heterocycles. The topological polar surface area (TPSA) is 49.8 Å². The molecule has 1 aromatic carbocycles. The fourth-order valence-corrected chi connectivity index (χ4v) is 2.09. The summed E-state index contributed by atoms with van der Waals surface area (Å²) in [6.07, 6.45) is 6.46. The number of anilines is 2. The van der Waals surface area contributed by atoms with Gasteiger partial charge in [0.1, 0.15) is 5.82 Å². The van der Waals surface area contributed by atoms with Crippen LogP contribution in [-0.4, -0.2) is 22.6 Å². The van der Waals surface area contributed by atoms with E-state index < -0.39 is 0 Å². The summed E-state index contributed by atoms with van der Waals surface area (Å²) in [5.74, 6) is 1.64. The highest BCUT2D eigenvalue weighted by atomic mass is 15.2. The van der Waals surface area contributed by atoms with Crippen molar-refractivity contribution in [1.82, 2.24) is 9.97 Å². The summed E-state index contributed by atoms with van der Waals surface area (Å²) in [6, 6.07) is 13.1. The van der Waals surface area contributed by atoms with Crippen LogP contribution in [0.15, 0.2) is 42.6 Å². The fourth-order valence-electron chi connectivity index (χ4n) is 2.09. The van der Waals surface area contributed by atoms with Crippen LogP contribution in [-0.2, 0) is 6.42 Å². The van der Waals surface area contributed by atoms with Crippen molar-refractivity contribution >= 4 is 11.8 Å². The van der Waals surface area contributed by atoms with Crippen LogP contribution in [0.5, 0.6) is 0 Å². The van der Waals surface area contributed by atoms with E-state index in [4.69, 9.17) is 0 Å². The van der Waals surface area contributed by atoms with Crippen LogP contribution >= 0.6 is 0 Å². The van der Waals surface area contributed by atoms with Gasteiger partial charge in [0.2, 0.25) is 5.95 Å². The Kier molecular flexibility index (Phi) is 4.11. The molecular weight excluding hydrogens is 248 g/mol. The van der Waals surface area contributed by atoms with Gasteiger partial charge < -0.3 is 10.6 Å². The minimum atomic E-state index is 0.586. The minimum absolute atomic E-state index is 0.586. The molecule has 0 bridgehead atoms. The van der Waals surface area contributed by atoms with E-state index in [1.807, 2.05) is 6.07 Å². The third kappa shape index (κ3) is 3.95. The third-order valence-corrected chi connectivity index (χ3v) is 3.36. The van der Waals surface area contributed by atoms with Crippen LogP contribution in [0, 0.1) is 0 Å². The van der Waals surface area contributed by atoms with Crippen molar-refractivity contribution < 1.29 is 0 Å². The molecule has 1 heterocycles. The SMILES string of the molecule is c1ccc(CCCNc2ccnc(NC3CC3)n2)cc1. The smallest absolute Gasteiger partial charge is 0.224 e. The van der Waals surface area contributed by atoms with E-state index >= 15 is 0 Å². The van der Waals surface area contributed by atoms with Gasteiger partial charge in [0, 0.05) is 18.8 Å². The molecule has 1 fully saturated rings. The molecule has 0 amide bonds. The monoisotopic (exact) mass is 268 g/mol. The molecular formula is C16H20N4. The zero-order chi connectivity index (χ0) is 13.6. The van der Waals surface area contributed by atoms with Crippen molar-refractivity contribution in [3.8, 4) is 0 Å². The van der Waals surface area contributed by atoms with E-state index in [0.717, 1.165) is 31.2 Å². The molecule has 0 aliphatic heterocycles. The predicted molar refractivity (Wildman–Crippen MR) is 81.9 cm³/mol. The summed E-state index contributed by atoms with van der Waals surface area (Å²) in [6.45, 7) is 0.925. The maximum Gasteiger partial charge on any atom is 0.224 e. The van der Waals surface area contributed by atoms with Crippen LogP contribution in [0.3, 0.4) is 0 Å². The number of hydrogen-bond acceptors (Lipinski definition) is 4. The molecule has 1 aromatic heterocycles. The molecule has 2 aromatic rings. The second-order valence-electron chi connectivity index (χ2n) is 5.20. The Morgan fingerprint density at radius 1 is 1.10 bits per heavy atom. The first kappa shape index (κ1) is 12.9. The van der Waals surface area contributed by atoms with E-state index in [1.165, 1.54) is 18.4 Å². The summed E-state index contributed by atoms with van der Waals surface area (Å²) in [7, 11) is 0. The summed E-state index contributed by atoms with van der Waals surface area (Å²) < 4.78 is 0. The molecule has 4 nitrogen and oxygen atoms in total. The van der Waals surface area contributed by atoms with Gasteiger partial charge in [-0.15, -0.1) is 0 Å². The van der Waals surface area contributed by atoms with Crippen molar-refractivity contribution in [3.63, 3.8) is 0 Å². The van der Waals surface area contributed by atoms with Crippen LogP contribution in [0.25, 0.3) is 0 Å². The van der Waals surface area contributed by atoms with Gasteiger partial charge >= 0.3 is 0 Å². The molecule has 0 spiro atoms. The van der Waals surface area contributed by atoms with Crippen LogP contribution in [0.1, 0.15) is 24.8 Å². The highest BCUT2D eigenvalue weighted by molar-refractivity contribution is 5.40. The summed E-state index contributed by atoms with van der Waals surface area (Å²) >= 11 is 0. The van der Waals surface area contributed by atoms with Crippen molar-refractivity contribution in [1.29, 1.82) is 0 Å². The molecule has 0 radical (unpaired) electrons. The van der Waals surface area contributed by atoms with Crippen molar-refractivity contribution in [2.45, 2.75) is 31.7 Å². The summed E-state index contributed by atoms with van der Waals surface area (Å²) in [5.41, 5.74) is 1.38. The van der Waals surface area contributed by atoms with Gasteiger partial charge in [-0.2, -0.15) is 4.98 Å². The Morgan fingerprint density at radius 2 is 1.95 bits per heavy atom. The highest BCUT2D eigenvalue weighted by Gasteiger charge is 2.21. The molecule has 4 heteroatoms. The zero-order valence-corrected chi connectivity index (χ0v) is 11.5. The lowest BCUT2D eigenvalue weighted by Crippen LogP contribution is -2.09. The van der Waals surface area contributed by atoms with Gasteiger partial charge in [-0.05, 0) is 37.3 Å². The van der Waals surface area contributed by atoms with Gasteiger partial charge in [-0.1, -0.05) is 30.3 Å². The van der Waals surface area contributed by atoms with Crippen molar-refractivity contribution in [2.24, 2.45) is 0 Å². The van der Waals surface area contributed by atoms with Gasteiger partial charge in [0.05, 0.1) is 0 Å². The molecule has 2 N–H and O–H groups in total. The normalized spacial score (nSPS) is 14.0. The second-order valence-corrected chi connectivity index (χ2v) is 5.20. The number of rotatable bonds is 7. The predicted octanol–water partition coefficient (Wildman–Crippen LogP) is 3.10. The number of benzene rings is 1. The average molecular weight is 268 g/mol. The first-order chi connectivity index (χ1) is 9.90. The minimum Gasteiger partial charge on any atom is -0.370 e. The standard InChI is InChI=1S/C16H20N4/c1-2-5-13(6-3-1)7-4-11-17-15-10-12-18-16(20-15)19-14-8-9-14/h1-3,5-6,10,12,14H,4,7-9,11H2,(H2,17,18,19,20). The lowest BCUT2D eigenvalue weighted by molar-refractivity contribution is 0.857. The molecule has 1 aliphatic carbocycles. The van der Waals surface area contributed by atoms with Gasteiger partial charge in [-0.3, -0.25) is 0 Å². The largest absolute Gasteiger partial charge is 0.370 e. The second kappa shape index (κ2) is 6.37. The number of nitrogens with zero attached hydrogens (tertiary/aromatic N) is 2. The Labute approximate surface area is 119 Å². The van der Waals surface area contributed by atoms with E-state index in [-0.39, 0.29) is 0 Å². The van der Waals surface area contributed by atoms with E-state index in [2.05, 4.69) is 50.9 Å². The molecule has 0 unspecified atom stereocenters. The molecule has 1 saturated carbocycles. The van der Waals surface area contributed by atoms with Crippen molar-refractivity contribution in [3.05, 3.63) is 48.2 Å². The Balaban J connectivity index is 1.43. The molecule has 20 heavy (non-hydrogen) atoms. The van der Waals surface area contributed by atoms with E-state index in [9.17, 15) is 0 Å². The first-order valence-electron chi connectivity index (χ1n) is 7.27. The molecule has 0 atom stereocenters. The Bertz CT molecular complexity index is 537.